The molecule has 4 rings (SSSR count). The summed E-state index contributed by atoms with van der Waals surface area (Å²) >= 11 is 2.88. The molecule has 0 radical (unpaired) electrons. The molecule has 1 N–H and O–H groups in total. The van der Waals surface area contributed by atoms with Crippen LogP contribution in [0.4, 0.5) is 5.69 Å². The normalized spacial score (nSPS) is 10.9. The number of amides is 1. The maximum atomic E-state index is 12.2. The molecule has 0 unspecified atom stereocenters. The molecule has 4 aromatic rings. The predicted molar refractivity (Wildman–Crippen MR) is 131 cm³/mol. The molecule has 0 aliphatic carbocycles. The molecule has 3 aromatic carbocycles. The number of hydrazone groups is 1. The lowest BCUT2D eigenvalue weighted by Gasteiger charge is -2.04. The lowest BCUT2D eigenvalue weighted by Crippen LogP contribution is -2.19. The van der Waals surface area contributed by atoms with Gasteiger partial charge in [0.1, 0.15) is 5.75 Å². The number of esters is 1. The van der Waals surface area contributed by atoms with E-state index in [2.05, 4.69) is 15.5 Å². The SMILES string of the molecule is O=C(CSc1nc2ccccc2s1)N/N=C\c1ccc(OC(=O)c2cccc([N+](=O)[O-])c2)cc1. The molecular formula is C23H16N4O5S2. The van der Waals surface area contributed by atoms with Gasteiger partial charge in [0.05, 0.1) is 32.7 Å². The van der Waals surface area contributed by atoms with Crippen molar-refractivity contribution in [3.63, 3.8) is 0 Å². The maximum Gasteiger partial charge on any atom is 0.343 e. The zero-order chi connectivity index (χ0) is 23.9. The molecule has 34 heavy (non-hydrogen) atoms. The molecule has 1 heterocycles. The Labute approximate surface area is 201 Å². The van der Waals surface area contributed by atoms with Crippen molar-refractivity contribution in [1.29, 1.82) is 0 Å². The molecule has 0 saturated heterocycles. The molecule has 0 atom stereocenters. The van der Waals surface area contributed by atoms with E-state index in [0.717, 1.165) is 20.6 Å². The van der Waals surface area contributed by atoms with Crippen molar-refractivity contribution < 1.29 is 19.2 Å². The summed E-state index contributed by atoms with van der Waals surface area (Å²) in [4.78, 5) is 39.0. The van der Waals surface area contributed by atoms with E-state index in [0.29, 0.717) is 5.56 Å². The van der Waals surface area contributed by atoms with E-state index >= 15 is 0 Å². The molecule has 0 aliphatic heterocycles. The van der Waals surface area contributed by atoms with Gasteiger partial charge in [0.15, 0.2) is 4.34 Å². The summed E-state index contributed by atoms with van der Waals surface area (Å²) in [6, 6.07) is 19.5. The molecule has 0 aliphatic rings. The number of nitrogens with one attached hydrogen (secondary N) is 1. The number of thiazole rings is 1. The number of ether oxygens (including phenoxy) is 1. The highest BCUT2D eigenvalue weighted by Crippen LogP contribution is 2.29. The van der Waals surface area contributed by atoms with E-state index in [1.165, 1.54) is 47.5 Å². The first-order valence-corrected chi connectivity index (χ1v) is 11.6. The molecule has 0 fully saturated rings. The van der Waals surface area contributed by atoms with Crippen LogP contribution in [0.25, 0.3) is 10.2 Å². The van der Waals surface area contributed by atoms with Crippen LogP contribution in [-0.2, 0) is 4.79 Å². The number of hydrogen-bond donors (Lipinski definition) is 1. The number of carbonyl (C=O) groups is 2. The van der Waals surface area contributed by atoms with Crippen LogP contribution in [0.15, 0.2) is 82.2 Å². The number of nitro benzene ring substituents is 1. The van der Waals surface area contributed by atoms with Crippen LogP contribution in [-0.4, -0.2) is 33.8 Å². The Balaban J connectivity index is 1.26. The fourth-order valence-electron chi connectivity index (χ4n) is 2.79. The van der Waals surface area contributed by atoms with Crippen molar-refractivity contribution in [3.05, 3.63) is 94.0 Å². The summed E-state index contributed by atoms with van der Waals surface area (Å²) in [5, 5.41) is 14.8. The zero-order valence-corrected chi connectivity index (χ0v) is 19.0. The predicted octanol–water partition coefficient (Wildman–Crippen LogP) is 4.67. The zero-order valence-electron chi connectivity index (χ0n) is 17.4. The number of aromatic nitrogens is 1. The van der Waals surface area contributed by atoms with Crippen LogP contribution in [0.1, 0.15) is 15.9 Å². The fourth-order valence-corrected chi connectivity index (χ4v) is 4.65. The van der Waals surface area contributed by atoms with Gasteiger partial charge in [-0.3, -0.25) is 14.9 Å². The lowest BCUT2D eigenvalue weighted by molar-refractivity contribution is -0.384. The molecule has 1 aromatic heterocycles. The van der Waals surface area contributed by atoms with Gasteiger partial charge in [-0.15, -0.1) is 11.3 Å². The summed E-state index contributed by atoms with van der Waals surface area (Å²) in [7, 11) is 0. The highest BCUT2D eigenvalue weighted by atomic mass is 32.2. The van der Waals surface area contributed by atoms with E-state index in [1.54, 1.807) is 24.3 Å². The van der Waals surface area contributed by atoms with Gasteiger partial charge in [0, 0.05) is 12.1 Å². The Morgan fingerprint density at radius 3 is 2.68 bits per heavy atom. The number of non-ortho nitro benzene ring substituents is 1. The lowest BCUT2D eigenvalue weighted by atomic mass is 10.2. The Morgan fingerprint density at radius 1 is 1.12 bits per heavy atom. The van der Waals surface area contributed by atoms with Crippen molar-refractivity contribution in [2.75, 3.05) is 5.75 Å². The first-order valence-electron chi connectivity index (χ1n) is 9.85. The van der Waals surface area contributed by atoms with Gasteiger partial charge in [-0.1, -0.05) is 30.0 Å². The van der Waals surface area contributed by atoms with Crippen molar-refractivity contribution in [2.24, 2.45) is 5.10 Å². The van der Waals surface area contributed by atoms with Gasteiger partial charge >= 0.3 is 5.97 Å². The highest BCUT2D eigenvalue weighted by molar-refractivity contribution is 8.01. The highest BCUT2D eigenvalue weighted by Gasteiger charge is 2.13. The third-order valence-corrected chi connectivity index (χ3v) is 6.57. The Morgan fingerprint density at radius 2 is 1.91 bits per heavy atom. The minimum Gasteiger partial charge on any atom is -0.423 e. The number of fused-ring (bicyclic) bond motifs is 1. The second-order valence-electron chi connectivity index (χ2n) is 6.80. The maximum absolute atomic E-state index is 12.2. The van der Waals surface area contributed by atoms with Crippen LogP contribution in [0.5, 0.6) is 5.75 Å². The summed E-state index contributed by atoms with van der Waals surface area (Å²) in [6.07, 6.45) is 1.46. The van der Waals surface area contributed by atoms with E-state index in [-0.39, 0.29) is 28.7 Å². The van der Waals surface area contributed by atoms with Crippen LogP contribution in [0.2, 0.25) is 0 Å². The number of para-hydroxylation sites is 1. The molecular weight excluding hydrogens is 476 g/mol. The van der Waals surface area contributed by atoms with E-state index < -0.39 is 10.9 Å². The minimum atomic E-state index is -0.706. The Hall–Kier alpha value is -4.09. The van der Waals surface area contributed by atoms with Gasteiger partial charge < -0.3 is 4.74 Å². The average Bonchev–Trinajstić information content (AvgIpc) is 3.27. The van der Waals surface area contributed by atoms with Crippen molar-refractivity contribution in [1.82, 2.24) is 10.4 Å². The van der Waals surface area contributed by atoms with E-state index in [4.69, 9.17) is 4.74 Å². The van der Waals surface area contributed by atoms with Gasteiger partial charge in [-0.05, 0) is 48.0 Å². The third kappa shape index (κ3) is 6.03. The minimum absolute atomic E-state index is 0.0752. The van der Waals surface area contributed by atoms with Crippen LogP contribution in [0.3, 0.4) is 0 Å². The summed E-state index contributed by atoms with van der Waals surface area (Å²) < 4.78 is 7.13. The number of thioether (sulfide) groups is 1. The summed E-state index contributed by atoms with van der Waals surface area (Å²) in [5.41, 5.74) is 3.93. The number of nitro groups is 1. The second-order valence-corrected chi connectivity index (χ2v) is 9.05. The quantitative estimate of drug-likeness (QED) is 0.0947. The van der Waals surface area contributed by atoms with Crippen LogP contribution < -0.4 is 10.2 Å². The van der Waals surface area contributed by atoms with Gasteiger partial charge in [0.25, 0.3) is 11.6 Å². The Bertz CT molecular complexity index is 1350. The topological polar surface area (TPSA) is 124 Å². The molecule has 0 bridgehead atoms. The van der Waals surface area contributed by atoms with Gasteiger partial charge in [-0.2, -0.15) is 5.10 Å². The monoisotopic (exact) mass is 492 g/mol. The molecule has 1 amide bonds. The summed E-state index contributed by atoms with van der Waals surface area (Å²) in [6.45, 7) is 0. The number of hydrogen-bond acceptors (Lipinski definition) is 9. The van der Waals surface area contributed by atoms with Crippen LogP contribution in [0, 0.1) is 10.1 Å². The van der Waals surface area contributed by atoms with E-state index in [1.807, 2.05) is 24.3 Å². The van der Waals surface area contributed by atoms with Crippen molar-refractivity contribution >= 4 is 57.1 Å². The first kappa shape index (κ1) is 23.1. The van der Waals surface area contributed by atoms with E-state index in [9.17, 15) is 19.7 Å². The third-order valence-electron chi connectivity index (χ3n) is 4.39. The van der Waals surface area contributed by atoms with Crippen LogP contribution >= 0.6 is 23.1 Å². The summed E-state index contributed by atoms with van der Waals surface area (Å²) in [5.74, 6) is -0.514. The fraction of sp³-hybridized carbons (Fsp3) is 0.0435. The standard InChI is InChI=1S/C23H16N4O5S2/c28-21(14-33-23-25-19-6-1-2-7-20(19)34-23)26-24-13-15-8-10-18(11-9-15)32-22(29)16-4-3-5-17(12-16)27(30)31/h1-13H,14H2,(H,26,28)/b24-13-. The number of rotatable bonds is 8. The number of nitrogens with zero attached hydrogens (tertiary/aromatic N) is 3. The second kappa shape index (κ2) is 10.7. The average molecular weight is 493 g/mol. The smallest absolute Gasteiger partial charge is 0.343 e. The molecule has 9 nitrogen and oxygen atoms in total. The molecule has 11 heteroatoms. The largest absolute Gasteiger partial charge is 0.423 e. The van der Waals surface area contributed by atoms with Gasteiger partial charge in [0.2, 0.25) is 0 Å². The van der Waals surface area contributed by atoms with Gasteiger partial charge in [-0.25, -0.2) is 15.2 Å². The van der Waals surface area contributed by atoms with Crippen molar-refractivity contribution in [3.8, 4) is 5.75 Å². The molecule has 0 spiro atoms. The molecule has 170 valence electrons. The number of carbonyl (C=O) groups excluding carboxylic acids is 2. The number of benzene rings is 3. The first-order chi connectivity index (χ1) is 16.5. The molecule has 0 saturated carbocycles. The Kier molecular flexibility index (Phi) is 7.25. The van der Waals surface area contributed by atoms with Crippen molar-refractivity contribution in [2.45, 2.75) is 4.34 Å².